The third-order valence-corrected chi connectivity index (χ3v) is 2.17. The van der Waals surface area contributed by atoms with E-state index in [2.05, 4.69) is 0 Å². The molecule has 0 aliphatic heterocycles. The number of thiophene rings is 1. The van der Waals surface area contributed by atoms with Gasteiger partial charge in [0.25, 0.3) is 0 Å². The fraction of sp³-hybridized carbons (Fsp3) is 0.375. The zero-order valence-electron chi connectivity index (χ0n) is 6.13. The minimum absolute atomic E-state index is 0.124. The first-order valence-corrected chi connectivity index (χ1v) is 4.17. The summed E-state index contributed by atoms with van der Waals surface area (Å²) in [6.45, 7) is 3.84. The Labute approximate surface area is 64.7 Å². The molecule has 1 aromatic heterocycles. The minimum atomic E-state index is 0.124. The van der Waals surface area contributed by atoms with Crippen LogP contribution in [0, 0.1) is 5.92 Å². The lowest BCUT2D eigenvalue weighted by Gasteiger charge is -1.98. The van der Waals surface area contributed by atoms with Crippen LogP contribution in [0.3, 0.4) is 0 Å². The van der Waals surface area contributed by atoms with E-state index in [1.807, 2.05) is 31.4 Å². The lowest BCUT2D eigenvalue weighted by Crippen LogP contribution is -2.04. The summed E-state index contributed by atoms with van der Waals surface area (Å²) in [5.41, 5.74) is 0. The van der Waals surface area contributed by atoms with Gasteiger partial charge in [-0.2, -0.15) is 0 Å². The summed E-state index contributed by atoms with van der Waals surface area (Å²) in [4.78, 5) is 12.1. The minimum Gasteiger partial charge on any atom is -0.293 e. The van der Waals surface area contributed by atoms with Crippen molar-refractivity contribution in [2.75, 3.05) is 0 Å². The van der Waals surface area contributed by atoms with Gasteiger partial charge in [-0.25, -0.2) is 0 Å². The first kappa shape index (κ1) is 7.48. The van der Waals surface area contributed by atoms with Crippen LogP contribution in [0.1, 0.15) is 23.5 Å². The zero-order chi connectivity index (χ0) is 7.56. The quantitative estimate of drug-likeness (QED) is 0.598. The van der Waals surface area contributed by atoms with Crippen molar-refractivity contribution in [3.05, 3.63) is 22.4 Å². The number of hydrogen-bond donors (Lipinski definition) is 0. The molecule has 0 unspecified atom stereocenters. The molecule has 54 valence electrons. The number of hydrogen-bond acceptors (Lipinski definition) is 2. The van der Waals surface area contributed by atoms with Crippen LogP contribution in [0.15, 0.2) is 17.5 Å². The van der Waals surface area contributed by atoms with E-state index in [1.54, 1.807) is 0 Å². The van der Waals surface area contributed by atoms with E-state index in [0.717, 1.165) is 4.88 Å². The van der Waals surface area contributed by atoms with Crippen LogP contribution in [0.2, 0.25) is 0 Å². The molecule has 1 aromatic rings. The van der Waals surface area contributed by atoms with Crippen molar-refractivity contribution in [3.63, 3.8) is 0 Å². The third-order valence-electron chi connectivity index (χ3n) is 1.29. The van der Waals surface area contributed by atoms with Crippen LogP contribution < -0.4 is 0 Å². The molecule has 0 saturated carbocycles. The molecule has 1 nitrogen and oxygen atoms in total. The Morgan fingerprint density at radius 2 is 2.30 bits per heavy atom. The summed E-state index contributed by atoms with van der Waals surface area (Å²) >= 11 is 1.51. The number of rotatable bonds is 2. The van der Waals surface area contributed by atoms with Crippen molar-refractivity contribution in [1.29, 1.82) is 0 Å². The van der Waals surface area contributed by atoms with Crippen LogP contribution in [-0.2, 0) is 0 Å². The van der Waals surface area contributed by atoms with E-state index in [4.69, 9.17) is 0 Å². The molecule has 0 atom stereocenters. The molecule has 1 rings (SSSR count). The van der Waals surface area contributed by atoms with E-state index in [0.29, 0.717) is 0 Å². The number of carbonyl (C=O) groups excluding carboxylic acids is 1. The second-order valence-corrected chi connectivity index (χ2v) is 3.44. The van der Waals surface area contributed by atoms with Crippen LogP contribution in [0.5, 0.6) is 0 Å². The highest BCUT2D eigenvalue weighted by Crippen LogP contribution is 2.13. The van der Waals surface area contributed by atoms with Gasteiger partial charge in [-0.15, -0.1) is 11.3 Å². The molecule has 0 aromatic carbocycles. The predicted octanol–water partition coefficient (Wildman–Crippen LogP) is 2.59. The Morgan fingerprint density at radius 1 is 1.60 bits per heavy atom. The molecule has 0 spiro atoms. The van der Waals surface area contributed by atoms with Crippen molar-refractivity contribution >= 4 is 17.1 Å². The SMILES string of the molecule is CC(C)C(=O)c1cccs1. The highest BCUT2D eigenvalue weighted by atomic mass is 32.1. The van der Waals surface area contributed by atoms with Gasteiger partial charge < -0.3 is 0 Å². The van der Waals surface area contributed by atoms with Gasteiger partial charge in [-0.1, -0.05) is 19.9 Å². The van der Waals surface area contributed by atoms with Gasteiger partial charge in [0.05, 0.1) is 4.88 Å². The van der Waals surface area contributed by atoms with E-state index < -0.39 is 0 Å². The lowest BCUT2D eigenvalue weighted by atomic mass is 10.1. The largest absolute Gasteiger partial charge is 0.293 e. The average molecular weight is 154 g/mol. The van der Waals surface area contributed by atoms with Crippen LogP contribution in [0.25, 0.3) is 0 Å². The second kappa shape index (κ2) is 2.97. The molecule has 0 amide bonds. The third kappa shape index (κ3) is 1.45. The number of carbonyl (C=O) groups is 1. The summed E-state index contributed by atoms with van der Waals surface area (Å²) in [5.74, 6) is 0.369. The van der Waals surface area contributed by atoms with Crippen LogP contribution >= 0.6 is 11.3 Å². The molecular formula is C8H10OS. The van der Waals surface area contributed by atoms with Crippen molar-refractivity contribution in [2.24, 2.45) is 5.92 Å². The van der Waals surface area contributed by atoms with E-state index in [1.165, 1.54) is 11.3 Å². The normalized spacial score (nSPS) is 10.3. The Hall–Kier alpha value is -0.630. The Morgan fingerprint density at radius 3 is 2.70 bits per heavy atom. The lowest BCUT2D eigenvalue weighted by molar-refractivity contribution is 0.0943. The highest BCUT2D eigenvalue weighted by Gasteiger charge is 2.09. The molecule has 0 saturated heterocycles. The summed E-state index contributed by atoms with van der Waals surface area (Å²) < 4.78 is 0. The maximum absolute atomic E-state index is 11.2. The van der Waals surface area contributed by atoms with Gasteiger partial charge in [0.15, 0.2) is 5.78 Å². The maximum Gasteiger partial charge on any atom is 0.175 e. The van der Waals surface area contributed by atoms with E-state index in [9.17, 15) is 4.79 Å². The Balaban J connectivity index is 2.78. The molecule has 0 N–H and O–H groups in total. The molecule has 2 heteroatoms. The van der Waals surface area contributed by atoms with Gasteiger partial charge in [0, 0.05) is 5.92 Å². The molecule has 0 radical (unpaired) electrons. The summed E-state index contributed by atoms with van der Waals surface area (Å²) in [6, 6.07) is 3.77. The Kier molecular flexibility index (Phi) is 2.22. The van der Waals surface area contributed by atoms with Crippen molar-refractivity contribution < 1.29 is 4.79 Å². The number of Topliss-reactive ketones (excluding diaryl/α,β-unsaturated/α-hetero) is 1. The predicted molar refractivity (Wildman–Crippen MR) is 43.5 cm³/mol. The standard InChI is InChI=1S/C8H10OS/c1-6(2)8(9)7-4-3-5-10-7/h3-6H,1-2H3. The van der Waals surface area contributed by atoms with E-state index in [-0.39, 0.29) is 11.7 Å². The zero-order valence-corrected chi connectivity index (χ0v) is 6.94. The van der Waals surface area contributed by atoms with Crippen molar-refractivity contribution in [1.82, 2.24) is 0 Å². The smallest absolute Gasteiger partial charge is 0.175 e. The fourth-order valence-corrected chi connectivity index (χ4v) is 1.52. The molecule has 0 fully saturated rings. The Bertz CT molecular complexity index is 211. The summed E-state index contributed by atoms with van der Waals surface area (Å²) in [6.07, 6.45) is 0. The van der Waals surface area contributed by atoms with Crippen LogP contribution in [0.4, 0.5) is 0 Å². The van der Waals surface area contributed by atoms with Gasteiger partial charge in [0.1, 0.15) is 0 Å². The van der Waals surface area contributed by atoms with Gasteiger partial charge in [0.2, 0.25) is 0 Å². The van der Waals surface area contributed by atoms with Crippen molar-refractivity contribution in [2.45, 2.75) is 13.8 Å². The monoisotopic (exact) mass is 154 g/mol. The maximum atomic E-state index is 11.2. The summed E-state index contributed by atoms with van der Waals surface area (Å²) in [5, 5.41) is 1.93. The molecule has 0 aliphatic rings. The van der Waals surface area contributed by atoms with Crippen LogP contribution in [-0.4, -0.2) is 5.78 Å². The van der Waals surface area contributed by atoms with E-state index >= 15 is 0 Å². The first-order chi connectivity index (χ1) is 4.72. The topological polar surface area (TPSA) is 17.1 Å². The molecule has 10 heavy (non-hydrogen) atoms. The van der Waals surface area contributed by atoms with Gasteiger partial charge in [-0.05, 0) is 11.4 Å². The fourth-order valence-electron chi connectivity index (χ4n) is 0.703. The van der Waals surface area contributed by atoms with Crippen molar-refractivity contribution in [3.8, 4) is 0 Å². The average Bonchev–Trinajstić information content (AvgIpc) is 2.36. The molecule has 0 aliphatic carbocycles. The highest BCUT2D eigenvalue weighted by molar-refractivity contribution is 7.12. The molecular weight excluding hydrogens is 144 g/mol. The van der Waals surface area contributed by atoms with Gasteiger partial charge in [-0.3, -0.25) is 4.79 Å². The summed E-state index contributed by atoms with van der Waals surface area (Å²) in [7, 11) is 0. The first-order valence-electron chi connectivity index (χ1n) is 3.29. The molecule has 1 heterocycles. The number of ketones is 1. The van der Waals surface area contributed by atoms with Gasteiger partial charge >= 0.3 is 0 Å². The second-order valence-electron chi connectivity index (χ2n) is 2.50. The molecule has 0 bridgehead atoms.